The highest BCUT2D eigenvalue weighted by atomic mass is 16.7. The second-order valence-electron chi connectivity index (χ2n) is 14.3. The van der Waals surface area contributed by atoms with Gasteiger partial charge in [-0.3, -0.25) is 48.0 Å². The van der Waals surface area contributed by atoms with Crippen LogP contribution in [-0.2, 0) is 48.0 Å². The van der Waals surface area contributed by atoms with E-state index in [1.165, 1.54) is 0 Å². The van der Waals surface area contributed by atoms with Gasteiger partial charge in [-0.1, -0.05) is 51.4 Å². The molecule has 0 aliphatic heterocycles. The number of primary amides is 3. The normalized spacial score (nSPS) is 10.8. The van der Waals surface area contributed by atoms with Crippen LogP contribution in [0.4, 0.5) is 0 Å². The van der Waals surface area contributed by atoms with Crippen LogP contribution >= 0.6 is 0 Å². The Morgan fingerprint density at radius 3 is 1.16 bits per heavy atom. The molecule has 56 heavy (non-hydrogen) atoms. The molecule has 0 aliphatic carbocycles. The van der Waals surface area contributed by atoms with Crippen molar-refractivity contribution in [3.63, 3.8) is 0 Å². The van der Waals surface area contributed by atoms with E-state index in [1.807, 2.05) is 0 Å². The summed E-state index contributed by atoms with van der Waals surface area (Å²) in [6, 6.07) is 0. The minimum atomic E-state index is -0.641. The monoisotopic (exact) mass is 795 g/mol. The van der Waals surface area contributed by atoms with Crippen LogP contribution < -0.4 is 33.5 Å². The van der Waals surface area contributed by atoms with E-state index >= 15 is 0 Å². The fourth-order valence-corrected chi connectivity index (χ4v) is 5.61. The Balaban J connectivity index is 4.50. The summed E-state index contributed by atoms with van der Waals surface area (Å²) >= 11 is 0. The topological polar surface area (TPSA) is 276 Å². The van der Waals surface area contributed by atoms with Crippen molar-refractivity contribution in [2.45, 2.75) is 147 Å². The summed E-state index contributed by atoms with van der Waals surface area (Å²) in [5, 5.41) is 2.56. The summed E-state index contributed by atoms with van der Waals surface area (Å²) in [5.41, 5.74) is 20.0. The molecule has 318 valence electrons. The van der Waals surface area contributed by atoms with E-state index in [1.54, 1.807) is 25.5 Å². The van der Waals surface area contributed by atoms with Crippen molar-refractivity contribution in [3.05, 3.63) is 0 Å². The molecule has 8 amide bonds. The van der Waals surface area contributed by atoms with Crippen molar-refractivity contribution in [1.29, 1.82) is 0 Å². The van der Waals surface area contributed by atoms with Gasteiger partial charge >= 0.3 is 0 Å². The first-order chi connectivity index (χ1) is 26.7. The lowest BCUT2D eigenvalue weighted by Gasteiger charge is -2.23. The number of hydroxylamine groups is 2. The maximum atomic E-state index is 12.9. The van der Waals surface area contributed by atoms with Gasteiger partial charge in [0.05, 0.1) is 0 Å². The summed E-state index contributed by atoms with van der Waals surface area (Å²) in [4.78, 5) is 109. The van der Waals surface area contributed by atoms with E-state index in [9.17, 15) is 38.4 Å². The van der Waals surface area contributed by atoms with Crippen molar-refractivity contribution in [2.75, 3.05) is 32.9 Å². The average Bonchev–Trinajstić information content (AvgIpc) is 3.12. The standard InChI is InChI=1S/C36H68B2N8O10/c37-36(38)56-44-33(52)26-35(54)46(23-15-7-3-11-19-30(41)49)24-16-8-4-12-20-31(50)42-27-55-43-32(51)25-34(53)45(21-13-5-1-9-17-28(39)47)22-14-6-2-10-18-29(40)48/h36H,1-27,37-38H2,(H2,39,47)(H2,40,48)(H2,41,49)(H,42,50)(H,43,51)(H,44,52). The quantitative estimate of drug-likeness (QED) is 0.0153. The van der Waals surface area contributed by atoms with Gasteiger partial charge in [-0.25, -0.2) is 11.0 Å². The molecule has 0 saturated carbocycles. The highest BCUT2D eigenvalue weighted by Crippen LogP contribution is 2.11. The first-order valence-electron chi connectivity index (χ1n) is 20.2. The SMILES string of the molecule is BC(B)ONC(=O)CC(=O)N(CCCCCCC(N)=O)CCCCCCC(=O)NCONC(=O)CC(=O)N(CCCCCCC(N)=O)CCCCCCC(N)=O. The third-order valence-electron chi connectivity index (χ3n) is 8.65. The van der Waals surface area contributed by atoms with Gasteiger partial charge in [0.15, 0.2) is 0 Å². The first-order valence-corrected chi connectivity index (χ1v) is 20.2. The second-order valence-corrected chi connectivity index (χ2v) is 14.3. The Morgan fingerprint density at radius 2 is 0.804 bits per heavy atom. The summed E-state index contributed by atoms with van der Waals surface area (Å²) in [7, 11) is 3.52. The van der Waals surface area contributed by atoms with Gasteiger partial charge in [-0.15, -0.1) is 0 Å². The number of carbonyl (C=O) groups is 8. The smallest absolute Gasteiger partial charge is 0.253 e. The molecule has 0 bridgehead atoms. The maximum Gasteiger partial charge on any atom is 0.253 e. The molecule has 20 heteroatoms. The lowest BCUT2D eigenvalue weighted by atomic mass is 9.82. The van der Waals surface area contributed by atoms with Gasteiger partial charge in [0.1, 0.15) is 35.3 Å². The number of amides is 8. The molecule has 0 radical (unpaired) electrons. The van der Waals surface area contributed by atoms with Gasteiger partial charge in [-0.05, 0) is 51.4 Å². The number of nitrogens with two attached hydrogens (primary N) is 3. The van der Waals surface area contributed by atoms with Crippen molar-refractivity contribution in [2.24, 2.45) is 17.2 Å². The third kappa shape index (κ3) is 33.2. The Morgan fingerprint density at radius 1 is 0.464 bits per heavy atom. The molecular weight excluding hydrogens is 726 g/mol. The Kier molecular flexibility index (Phi) is 31.5. The maximum absolute atomic E-state index is 12.9. The van der Waals surface area contributed by atoms with Gasteiger partial charge < -0.3 is 32.3 Å². The molecule has 0 saturated heterocycles. The van der Waals surface area contributed by atoms with Crippen molar-refractivity contribution < 1.29 is 48.0 Å². The van der Waals surface area contributed by atoms with Crippen LogP contribution in [0.1, 0.15) is 141 Å². The number of unbranched alkanes of at least 4 members (excludes halogenated alkanes) is 12. The fourth-order valence-electron chi connectivity index (χ4n) is 5.61. The number of carbonyl (C=O) groups excluding carboxylic acids is 8. The molecule has 0 aromatic rings. The molecule has 0 rings (SSSR count). The van der Waals surface area contributed by atoms with E-state index in [0.717, 1.165) is 57.8 Å². The third-order valence-corrected chi connectivity index (χ3v) is 8.65. The van der Waals surface area contributed by atoms with Gasteiger partial charge in [0.25, 0.3) is 11.8 Å². The Bertz CT molecular complexity index is 1170. The molecule has 0 fully saturated rings. The van der Waals surface area contributed by atoms with Crippen LogP contribution in [0.2, 0.25) is 0 Å². The predicted octanol–water partition coefficient (Wildman–Crippen LogP) is -0.599. The molecular formula is C36H68B2N8O10. The molecule has 0 spiro atoms. The number of nitrogens with zero attached hydrogens (tertiary/aromatic N) is 2. The lowest BCUT2D eigenvalue weighted by molar-refractivity contribution is -0.144. The highest BCUT2D eigenvalue weighted by molar-refractivity contribution is 6.34. The van der Waals surface area contributed by atoms with E-state index in [0.29, 0.717) is 90.4 Å². The molecule has 0 aromatic carbocycles. The summed E-state index contributed by atoms with van der Waals surface area (Å²) < 4.78 is 0. The zero-order valence-electron chi connectivity index (χ0n) is 33.9. The van der Waals surface area contributed by atoms with Crippen LogP contribution in [0.25, 0.3) is 0 Å². The van der Waals surface area contributed by atoms with Crippen LogP contribution in [0, 0.1) is 0 Å². The van der Waals surface area contributed by atoms with E-state index in [2.05, 4.69) is 16.3 Å². The minimum Gasteiger partial charge on any atom is -0.370 e. The zero-order valence-corrected chi connectivity index (χ0v) is 33.9. The summed E-state index contributed by atoms with van der Waals surface area (Å²) in [6.07, 6.45) is 12.4. The van der Waals surface area contributed by atoms with Crippen LogP contribution in [0.5, 0.6) is 0 Å². The molecule has 0 atom stereocenters. The number of hydrogen-bond acceptors (Lipinski definition) is 10. The van der Waals surface area contributed by atoms with E-state index < -0.39 is 18.2 Å². The molecule has 0 aromatic heterocycles. The number of rotatable bonds is 37. The van der Waals surface area contributed by atoms with Crippen LogP contribution in [0.15, 0.2) is 0 Å². The molecule has 0 heterocycles. The molecule has 9 N–H and O–H groups in total. The largest absolute Gasteiger partial charge is 0.370 e. The summed E-state index contributed by atoms with van der Waals surface area (Å²) in [5.74, 6) is -3.31. The average molecular weight is 795 g/mol. The number of hydrogen-bond donors (Lipinski definition) is 6. The summed E-state index contributed by atoms with van der Waals surface area (Å²) in [6.45, 7) is 1.61. The van der Waals surface area contributed by atoms with E-state index in [-0.39, 0.29) is 60.9 Å². The molecule has 0 aliphatic rings. The van der Waals surface area contributed by atoms with Gasteiger partial charge in [-0.2, -0.15) is 0 Å². The molecule has 0 unspecified atom stereocenters. The highest BCUT2D eigenvalue weighted by Gasteiger charge is 2.19. The zero-order chi connectivity index (χ0) is 42.0. The van der Waals surface area contributed by atoms with Crippen molar-refractivity contribution in [3.8, 4) is 0 Å². The molecule has 18 nitrogen and oxygen atoms in total. The van der Waals surface area contributed by atoms with Gasteiger partial charge in [0, 0.05) is 57.8 Å². The Labute approximate surface area is 333 Å². The first kappa shape index (κ1) is 51.8. The van der Waals surface area contributed by atoms with Crippen LogP contribution in [0.3, 0.4) is 0 Å². The minimum absolute atomic E-state index is 0.218. The number of nitrogens with one attached hydrogen (secondary N) is 3. The van der Waals surface area contributed by atoms with Crippen molar-refractivity contribution >= 4 is 62.9 Å². The predicted molar refractivity (Wildman–Crippen MR) is 215 cm³/mol. The van der Waals surface area contributed by atoms with E-state index in [4.69, 9.17) is 26.9 Å². The van der Waals surface area contributed by atoms with Gasteiger partial charge in [0.2, 0.25) is 35.4 Å². The van der Waals surface area contributed by atoms with Crippen molar-refractivity contribution in [1.82, 2.24) is 26.1 Å². The lowest BCUT2D eigenvalue weighted by Crippen LogP contribution is -2.38. The second kappa shape index (κ2) is 34.1. The Hall–Kier alpha value is -4.19. The van der Waals surface area contributed by atoms with Crippen LogP contribution in [-0.4, -0.2) is 112 Å². The fraction of sp³-hybridized carbons (Fsp3) is 0.778.